The Morgan fingerprint density at radius 2 is 2.18 bits per heavy atom. The quantitative estimate of drug-likeness (QED) is 0.846. The van der Waals surface area contributed by atoms with E-state index in [-0.39, 0.29) is 10.8 Å². The lowest BCUT2D eigenvalue weighted by atomic mass is 9.98. The highest BCUT2D eigenvalue weighted by molar-refractivity contribution is 6.32. The number of carbonyl (C=O) groups is 1. The highest BCUT2D eigenvalue weighted by Gasteiger charge is 2.28. The Bertz CT molecular complexity index is 716. The fraction of sp³-hybridized carbons (Fsp3) is 0.188. The molecule has 2 atom stereocenters. The molecule has 22 heavy (non-hydrogen) atoms. The van der Waals surface area contributed by atoms with Gasteiger partial charge in [0.05, 0.1) is 16.8 Å². The van der Waals surface area contributed by atoms with E-state index in [9.17, 15) is 14.4 Å². The molecule has 0 N–H and O–H groups in total. The number of Topliss-reactive ketones (excluding diaryl/α,β-unsaturated/α-hetero) is 1. The molecule has 0 bridgehead atoms. The average molecular weight is 319 g/mol. The second-order valence-corrected chi connectivity index (χ2v) is 4.96. The number of benzene rings is 1. The number of halogens is 2. The van der Waals surface area contributed by atoms with Crippen molar-refractivity contribution in [1.29, 1.82) is 5.26 Å². The van der Waals surface area contributed by atoms with Gasteiger partial charge in [0.2, 0.25) is 0 Å². The molecule has 0 radical (unpaired) electrons. The van der Waals surface area contributed by atoms with Crippen LogP contribution in [0.1, 0.15) is 18.5 Å². The lowest BCUT2D eigenvalue weighted by Crippen LogP contribution is -2.29. The first-order valence-corrected chi connectivity index (χ1v) is 6.86. The van der Waals surface area contributed by atoms with Crippen LogP contribution in [0.5, 0.6) is 5.75 Å². The number of pyridine rings is 1. The van der Waals surface area contributed by atoms with Crippen molar-refractivity contribution in [2.75, 3.05) is 0 Å². The van der Waals surface area contributed by atoms with Crippen LogP contribution in [0.4, 0.5) is 4.39 Å². The molecule has 0 amide bonds. The summed E-state index contributed by atoms with van der Waals surface area (Å²) in [6, 6.07) is 10.5. The third-order valence-electron chi connectivity index (χ3n) is 3.00. The summed E-state index contributed by atoms with van der Waals surface area (Å²) >= 11 is 5.86. The lowest BCUT2D eigenvalue weighted by molar-refractivity contribution is -0.125. The summed E-state index contributed by atoms with van der Waals surface area (Å²) in [6.45, 7) is 1.51. The summed E-state index contributed by atoms with van der Waals surface area (Å²) < 4.78 is 18.4. The second kappa shape index (κ2) is 7.01. The monoisotopic (exact) mass is 318 g/mol. The molecule has 4 nitrogen and oxygen atoms in total. The molecule has 0 spiro atoms. The zero-order valence-electron chi connectivity index (χ0n) is 11.7. The molecular weight excluding hydrogens is 307 g/mol. The first-order chi connectivity index (χ1) is 10.5. The number of hydrogen-bond acceptors (Lipinski definition) is 4. The van der Waals surface area contributed by atoms with E-state index in [1.807, 2.05) is 6.07 Å². The summed E-state index contributed by atoms with van der Waals surface area (Å²) in [5.41, 5.74) is 0.357. The van der Waals surface area contributed by atoms with Crippen LogP contribution in [-0.4, -0.2) is 16.9 Å². The fourth-order valence-corrected chi connectivity index (χ4v) is 2.09. The minimum absolute atomic E-state index is 0.0611. The van der Waals surface area contributed by atoms with Crippen molar-refractivity contribution in [2.24, 2.45) is 0 Å². The summed E-state index contributed by atoms with van der Waals surface area (Å²) in [5.74, 6) is -1.79. The smallest absolute Gasteiger partial charge is 0.196 e. The fourth-order valence-electron chi connectivity index (χ4n) is 1.88. The largest absolute Gasteiger partial charge is 0.481 e. The van der Waals surface area contributed by atoms with Crippen molar-refractivity contribution < 1.29 is 13.9 Å². The van der Waals surface area contributed by atoms with Crippen molar-refractivity contribution in [3.63, 3.8) is 0 Å². The topological polar surface area (TPSA) is 63.0 Å². The average Bonchev–Trinajstić information content (AvgIpc) is 2.51. The Morgan fingerprint density at radius 3 is 2.77 bits per heavy atom. The standard InChI is InChI=1S/C16H12ClFN2O2/c1-10(22-15-6-5-11(18)8-13(15)17)16(21)12(9-19)14-4-2-3-7-20-14/h2-8,10,12H,1H3/t10-,12+/m0/s1. The van der Waals surface area contributed by atoms with Gasteiger partial charge in [0.1, 0.15) is 11.6 Å². The Kier molecular flexibility index (Phi) is 5.08. The zero-order chi connectivity index (χ0) is 16.1. The molecule has 112 valence electrons. The number of hydrogen-bond donors (Lipinski definition) is 0. The Hall–Kier alpha value is -2.45. The summed E-state index contributed by atoms with van der Waals surface area (Å²) in [5, 5.41) is 9.27. The van der Waals surface area contributed by atoms with E-state index in [2.05, 4.69) is 4.98 Å². The van der Waals surface area contributed by atoms with Crippen molar-refractivity contribution >= 4 is 17.4 Å². The molecule has 2 rings (SSSR count). The molecular formula is C16H12ClFN2O2. The van der Waals surface area contributed by atoms with Gasteiger partial charge in [-0.25, -0.2) is 4.39 Å². The molecule has 0 saturated heterocycles. The Balaban J connectivity index is 2.16. The number of nitrogens with zero attached hydrogens (tertiary/aromatic N) is 2. The Morgan fingerprint density at radius 1 is 1.41 bits per heavy atom. The van der Waals surface area contributed by atoms with Gasteiger partial charge in [-0.1, -0.05) is 17.7 Å². The predicted molar refractivity (Wildman–Crippen MR) is 79.1 cm³/mol. The van der Waals surface area contributed by atoms with Gasteiger partial charge < -0.3 is 4.74 Å². The zero-order valence-corrected chi connectivity index (χ0v) is 12.4. The minimum atomic E-state index is -1.03. The minimum Gasteiger partial charge on any atom is -0.481 e. The number of rotatable bonds is 5. The normalized spacial score (nSPS) is 13.0. The number of ether oxygens (including phenoxy) is 1. The number of nitriles is 1. The van der Waals surface area contributed by atoms with Crippen LogP contribution in [0.25, 0.3) is 0 Å². The number of ketones is 1. The Labute approximate surface area is 132 Å². The predicted octanol–water partition coefficient (Wildman–Crippen LogP) is 3.52. The molecule has 0 aliphatic rings. The van der Waals surface area contributed by atoms with Gasteiger partial charge >= 0.3 is 0 Å². The molecule has 0 saturated carbocycles. The van der Waals surface area contributed by atoms with Crippen molar-refractivity contribution in [3.8, 4) is 11.8 Å². The van der Waals surface area contributed by atoms with Gasteiger partial charge in [0.25, 0.3) is 0 Å². The maximum Gasteiger partial charge on any atom is 0.196 e. The highest BCUT2D eigenvalue weighted by atomic mass is 35.5. The third-order valence-corrected chi connectivity index (χ3v) is 3.29. The van der Waals surface area contributed by atoms with E-state index in [0.717, 1.165) is 6.07 Å². The molecule has 0 aliphatic carbocycles. The maximum absolute atomic E-state index is 13.0. The van der Waals surface area contributed by atoms with E-state index in [4.69, 9.17) is 16.3 Å². The molecule has 1 aromatic carbocycles. The van der Waals surface area contributed by atoms with Gasteiger partial charge in [0, 0.05) is 6.20 Å². The first kappa shape index (κ1) is 15.9. The first-order valence-electron chi connectivity index (χ1n) is 6.49. The SMILES string of the molecule is C[C@H](Oc1ccc(F)cc1Cl)C(=O)[C@H](C#N)c1ccccn1. The van der Waals surface area contributed by atoms with Gasteiger partial charge in [0.15, 0.2) is 17.8 Å². The molecule has 0 fully saturated rings. The van der Waals surface area contributed by atoms with E-state index in [1.165, 1.54) is 25.3 Å². The summed E-state index contributed by atoms with van der Waals surface area (Å²) in [7, 11) is 0. The van der Waals surface area contributed by atoms with Crippen LogP contribution in [0.3, 0.4) is 0 Å². The van der Waals surface area contributed by atoms with Crippen molar-refractivity contribution in [1.82, 2.24) is 4.98 Å². The number of aromatic nitrogens is 1. The number of carbonyl (C=O) groups excluding carboxylic acids is 1. The second-order valence-electron chi connectivity index (χ2n) is 4.55. The van der Waals surface area contributed by atoms with Gasteiger partial charge in [-0.2, -0.15) is 5.26 Å². The van der Waals surface area contributed by atoms with E-state index in [0.29, 0.717) is 5.69 Å². The third kappa shape index (κ3) is 3.60. The van der Waals surface area contributed by atoms with Gasteiger partial charge in [-0.05, 0) is 37.3 Å². The summed E-state index contributed by atoms with van der Waals surface area (Å²) in [4.78, 5) is 16.4. The van der Waals surface area contributed by atoms with Gasteiger partial charge in [-0.15, -0.1) is 0 Å². The van der Waals surface area contributed by atoms with Crippen LogP contribution in [0, 0.1) is 17.1 Å². The van der Waals surface area contributed by atoms with Crippen molar-refractivity contribution in [2.45, 2.75) is 18.9 Å². The van der Waals surface area contributed by atoms with Gasteiger partial charge in [-0.3, -0.25) is 9.78 Å². The van der Waals surface area contributed by atoms with Crippen LogP contribution >= 0.6 is 11.6 Å². The molecule has 2 aromatic rings. The lowest BCUT2D eigenvalue weighted by Gasteiger charge is -2.17. The highest BCUT2D eigenvalue weighted by Crippen LogP contribution is 2.27. The molecule has 1 aromatic heterocycles. The van der Waals surface area contributed by atoms with Crippen LogP contribution < -0.4 is 4.74 Å². The van der Waals surface area contributed by atoms with Crippen LogP contribution in [0.2, 0.25) is 5.02 Å². The van der Waals surface area contributed by atoms with Crippen molar-refractivity contribution in [3.05, 3.63) is 59.1 Å². The van der Waals surface area contributed by atoms with E-state index in [1.54, 1.807) is 18.2 Å². The summed E-state index contributed by atoms with van der Waals surface area (Å²) in [6.07, 6.45) is 0.588. The molecule has 0 aliphatic heterocycles. The van der Waals surface area contributed by atoms with Crippen LogP contribution in [0.15, 0.2) is 42.6 Å². The van der Waals surface area contributed by atoms with Crippen LogP contribution in [-0.2, 0) is 4.79 Å². The molecule has 1 heterocycles. The van der Waals surface area contributed by atoms with E-state index >= 15 is 0 Å². The molecule has 6 heteroatoms. The maximum atomic E-state index is 13.0. The molecule has 0 unspecified atom stereocenters. The van der Waals surface area contributed by atoms with E-state index < -0.39 is 23.6 Å².